The first-order valence-electron chi connectivity index (χ1n) is 6.13. The van der Waals surface area contributed by atoms with Crippen LogP contribution < -0.4 is 11.1 Å². The Labute approximate surface area is 91.8 Å². The van der Waals surface area contributed by atoms with Gasteiger partial charge in [-0.3, -0.25) is 4.79 Å². The minimum atomic E-state index is -0.513. The average Bonchev–Trinajstić information content (AvgIpc) is 2.93. The molecule has 2 aliphatic rings. The van der Waals surface area contributed by atoms with Gasteiger partial charge in [0.1, 0.15) is 0 Å². The summed E-state index contributed by atoms with van der Waals surface area (Å²) in [6.45, 7) is 4.52. The van der Waals surface area contributed by atoms with Crippen LogP contribution in [0.25, 0.3) is 0 Å². The van der Waals surface area contributed by atoms with Gasteiger partial charge in [-0.05, 0) is 31.1 Å². The summed E-state index contributed by atoms with van der Waals surface area (Å²) in [7, 11) is 0. The standard InChI is InChI=1S/C12H22N2O/c1-8-4-3-5-10(9(8)2)14-11(15)12(13)6-7-12/h8-10H,3-7,13H2,1-2H3,(H,14,15). The molecule has 0 heterocycles. The molecule has 3 nitrogen and oxygen atoms in total. The van der Waals surface area contributed by atoms with E-state index in [0.29, 0.717) is 12.0 Å². The molecule has 0 aliphatic heterocycles. The van der Waals surface area contributed by atoms with E-state index in [1.807, 2.05) is 0 Å². The molecular formula is C12H22N2O. The fourth-order valence-corrected chi connectivity index (χ4v) is 2.46. The molecule has 3 unspecified atom stereocenters. The van der Waals surface area contributed by atoms with Crippen molar-refractivity contribution in [2.45, 2.75) is 57.5 Å². The van der Waals surface area contributed by atoms with Gasteiger partial charge >= 0.3 is 0 Å². The first-order chi connectivity index (χ1) is 7.03. The van der Waals surface area contributed by atoms with Gasteiger partial charge in [0.2, 0.25) is 5.91 Å². The number of carbonyl (C=O) groups is 1. The van der Waals surface area contributed by atoms with Crippen molar-refractivity contribution in [3.05, 3.63) is 0 Å². The van der Waals surface area contributed by atoms with E-state index < -0.39 is 5.54 Å². The van der Waals surface area contributed by atoms with Crippen molar-refractivity contribution in [3.63, 3.8) is 0 Å². The third-order valence-corrected chi connectivity index (χ3v) is 4.26. The Balaban J connectivity index is 1.90. The van der Waals surface area contributed by atoms with Crippen LogP contribution in [-0.2, 0) is 4.79 Å². The molecule has 3 atom stereocenters. The molecular weight excluding hydrogens is 188 g/mol. The van der Waals surface area contributed by atoms with E-state index in [4.69, 9.17) is 5.73 Å². The largest absolute Gasteiger partial charge is 0.351 e. The maximum atomic E-state index is 11.8. The van der Waals surface area contributed by atoms with Crippen molar-refractivity contribution in [2.24, 2.45) is 17.6 Å². The molecule has 0 aromatic rings. The molecule has 3 heteroatoms. The first-order valence-corrected chi connectivity index (χ1v) is 6.13. The van der Waals surface area contributed by atoms with Crippen LogP contribution in [0.2, 0.25) is 0 Å². The van der Waals surface area contributed by atoms with Crippen molar-refractivity contribution in [2.75, 3.05) is 0 Å². The molecule has 86 valence electrons. The van der Waals surface area contributed by atoms with Crippen molar-refractivity contribution in [3.8, 4) is 0 Å². The summed E-state index contributed by atoms with van der Waals surface area (Å²) < 4.78 is 0. The number of hydrogen-bond donors (Lipinski definition) is 2. The van der Waals surface area contributed by atoms with E-state index in [1.165, 1.54) is 12.8 Å². The summed E-state index contributed by atoms with van der Waals surface area (Å²) in [6, 6.07) is 0.349. The molecule has 1 amide bonds. The second kappa shape index (κ2) is 3.78. The van der Waals surface area contributed by atoms with Gasteiger partial charge in [0.15, 0.2) is 0 Å². The third-order valence-electron chi connectivity index (χ3n) is 4.26. The maximum Gasteiger partial charge on any atom is 0.240 e. The molecule has 3 N–H and O–H groups in total. The Morgan fingerprint density at radius 3 is 2.60 bits per heavy atom. The highest BCUT2D eigenvalue weighted by molar-refractivity contribution is 5.89. The van der Waals surface area contributed by atoms with Crippen molar-refractivity contribution < 1.29 is 4.79 Å². The van der Waals surface area contributed by atoms with E-state index in [0.717, 1.165) is 25.2 Å². The molecule has 0 aromatic heterocycles. The van der Waals surface area contributed by atoms with Crippen LogP contribution in [0.15, 0.2) is 0 Å². The zero-order valence-electron chi connectivity index (χ0n) is 9.75. The molecule has 2 rings (SSSR count). The molecule has 0 aromatic carbocycles. The molecule has 0 bridgehead atoms. The van der Waals surface area contributed by atoms with Gasteiger partial charge in [-0.1, -0.05) is 26.7 Å². The molecule has 2 aliphatic carbocycles. The Morgan fingerprint density at radius 1 is 1.33 bits per heavy atom. The molecule has 15 heavy (non-hydrogen) atoms. The number of nitrogens with one attached hydrogen (secondary N) is 1. The van der Waals surface area contributed by atoms with Gasteiger partial charge in [0.25, 0.3) is 0 Å². The number of amides is 1. The Bertz CT molecular complexity index is 260. The third kappa shape index (κ3) is 2.17. The van der Waals surface area contributed by atoms with E-state index in [2.05, 4.69) is 19.2 Å². The fourth-order valence-electron chi connectivity index (χ4n) is 2.46. The van der Waals surface area contributed by atoms with Gasteiger partial charge in [-0.15, -0.1) is 0 Å². The molecule has 0 spiro atoms. The topological polar surface area (TPSA) is 55.1 Å². The van der Waals surface area contributed by atoms with Crippen LogP contribution in [0.5, 0.6) is 0 Å². The van der Waals surface area contributed by atoms with E-state index in [-0.39, 0.29) is 5.91 Å². The number of rotatable bonds is 2. The van der Waals surface area contributed by atoms with Gasteiger partial charge in [-0.25, -0.2) is 0 Å². The molecule has 0 saturated heterocycles. The maximum absolute atomic E-state index is 11.8. The highest BCUT2D eigenvalue weighted by Crippen LogP contribution is 2.34. The Morgan fingerprint density at radius 2 is 2.00 bits per heavy atom. The first kappa shape index (κ1) is 10.9. The van der Waals surface area contributed by atoms with Crippen LogP contribution in [0.4, 0.5) is 0 Å². The number of carbonyl (C=O) groups excluding carboxylic acids is 1. The predicted molar refractivity (Wildman–Crippen MR) is 60.3 cm³/mol. The monoisotopic (exact) mass is 210 g/mol. The van der Waals surface area contributed by atoms with Crippen LogP contribution in [0.3, 0.4) is 0 Å². The average molecular weight is 210 g/mol. The minimum absolute atomic E-state index is 0.0773. The highest BCUT2D eigenvalue weighted by Gasteiger charge is 2.47. The predicted octanol–water partition coefficient (Wildman–Crippen LogP) is 1.42. The number of nitrogens with two attached hydrogens (primary N) is 1. The lowest BCUT2D eigenvalue weighted by atomic mass is 9.78. The van der Waals surface area contributed by atoms with Crippen molar-refractivity contribution in [1.29, 1.82) is 0 Å². The lowest BCUT2D eigenvalue weighted by molar-refractivity contribution is -0.124. The summed E-state index contributed by atoms with van der Waals surface area (Å²) >= 11 is 0. The summed E-state index contributed by atoms with van der Waals surface area (Å²) in [5, 5.41) is 3.14. The van der Waals surface area contributed by atoms with Gasteiger partial charge in [0, 0.05) is 6.04 Å². The van der Waals surface area contributed by atoms with Crippen LogP contribution in [-0.4, -0.2) is 17.5 Å². The fraction of sp³-hybridized carbons (Fsp3) is 0.917. The van der Waals surface area contributed by atoms with Gasteiger partial charge < -0.3 is 11.1 Å². The van der Waals surface area contributed by atoms with Crippen LogP contribution in [0, 0.1) is 11.8 Å². The zero-order chi connectivity index (χ0) is 11.1. The second-order valence-corrected chi connectivity index (χ2v) is 5.50. The summed E-state index contributed by atoms with van der Waals surface area (Å²) in [5.74, 6) is 1.38. The zero-order valence-corrected chi connectivity index (χ0v) is 9.75. The van der Waals surface area contributed by atoms with Gasteiger partial charge in [0.05, 0.1) is 5.54 Å². The highest BCUT2D eigenvalue weighted by atomic mass is 16.2. The van der Waals surface area contributed by atoms with Crippen LogP contribution in [0.1, 0.15) is 46.0 Å². The smallest absolute Gasteiger partial charge is 0.240 e. The van der Waals surface area contributed by atoms with Gasteiger partial charge in [-0.2, -0.15) is 0 Å². The molecule has 0 radical (unpaired) electrons. The molecule has 2 saturated carbocycles. The molecule has 2 fully saturated rings. The lowest BCUT2D eigenvalue weighted by Gasteiger charge is -2.35. The summed E-state index contributed by atoms with van der Waals surface area (Å²) in [6.07, 6.45) is 5.35. The summed E-state index contributed by atoms with van der Waals surface area (Å²) in [5.41, 5.74) is 5.36. The Kier molecular flexibility index (Phi) is 2.75. The lowest BCUT2D eigenvalue weighted by Crippen LogP contribution is -2.51. The normalized spacial score (nSPS) is 38.5. The Hall–Kier alpha value is -0.570. The summed E-state index contributed by atoms with van der Waals surface area (Å²) in [4.78, 5) is 11.8. The van der Waals surface area contributed by atoms with Crippen molar-refractivity contribution in [1.82, 2.24) is 5.32 Å². The quantitative estimate of drug-likeness (QED) is 0.724. The van der Waals surface area contributed by atoms with Crippen molar-refractivity contribution >= 4 is 5.91 Å². The van der Waals surface area contributed by atoms with E-state index >= 15 is 0 Å². The van der Waals surface area contributed by atoms with Crippen LogP contribution >= 0.6 is 0 Å². The van der Waals surface area contributed by atoms with E-state index in [1.54, 1.807) is 0 Å². The SMILES string of the molecule is CC1CCCC(NC(=O)C2(N)CC2)C1C. The van der Waals surface area contributed by atoms with E-state index in [9.17, 15) is 4.79 Å². The number of hydrogen-bond acceptors (Lipinski definition) is 2. The minimum Gasteiger partial charge on any atom is -0.351 e. The second-order valence-electron chi connectivity index (χ2n) is 5.50.